The van der Waals surface area contributed by atoms with Gasteiger partial charge in [0.15, 0.2) is 0 Å². The van der Waals surface area contributed by atoms with Gasteiger partial charge in [-0.1, -0.05) is 0 Å². The summed E-state index contributed by atoms with van der Waals surface area (Å²) < 4.78 is 23.2. The van der Waals surface area contributed by atoms with Crippen LogP contribution in [0.4, 0.5) is 4.39 Å². The zero-order valence-corrected chi connectivity index (χ0v) is 9.73. The molecule has 6 heteroatoms. The van der Waals surface area contributed by atoms with E-state index in [1.807, 2.05) is 0 Å². The average Bonchev–Trinajstić information content (AvgIpc) is 2.36. The molecule has 1 saturated heterocycles. The summed E-state index contributed by atoms with van der Waals surface area (Å²) in [6, 6.07) is 5.18. The Kier molecular flexibility index (Phi) is 3.82. The molecule has 0 amide bonds. The van der Waals surface area contributed by atoms with Gasteiger partial charge in [-0.15, -0.1) is 0 Å². The van der Waals surface area contributed by atoms with E-state index in [1.54, 1.807) is 6.92 Å². The first-order valence-corrected chi connectivity index (χ1v) is 5.61. The minimum Gasteiger partial charge on any atom is -0.462 e. The van der Waals surface area contributed by atoms with Crippen molar-refractivity contribution in [2.45, 2.75) is 37.6 Å². The third kappa shape index (κ3) is 2.62. The molecule has 0 aliphatic carbocycles. The Balaban J connectivity index is 2.06. The number of hydrogen-bond acceptors (Lipinski definition) is 5. The number of aliphatic hydroxyl groups excluding tert-OH is 3. The Hall–Kier alpha value is -1.21. The van der Waals surface area contributed by atoms with Crippen molar-refractivity contribution in [3.8, 4) is 5.75 Å². The fourth-order valence-electron chi connectivity index (χ4n) is 1.76. The van der Waals surface area contributed by atoms with Crippen molar-refractivity contribution < 1.29 is 29.2 Å². The van der Waals surface area contributed by atoms with Crippen LogP contribution >= 0.6 is 0 Å². The molecule has 0 aromatic heterocycles. The molecule has 1 aliphatic rings. The molecule has 18 heavy (non-hydrogen) atoms. The summed E-state index contributed by atoms with van der Waals surface area (Å²) in [5.74, 6) is -0.104. The van der Waals surface area contributed by atoms with Crippen LogP contribution in [0.15, 0.2) is 24.3 Å². The van der Waals surface area contributed by atoms with Gasteiger partial charge in [-0.3, -0.25) is 0 Å². The number of rotatable bonds is 2. The van der Waals surface area contributed by atoms with Crippen LogP contribution in [0.5, 0.6) is 5.75 Å². The van der Waals surface area contributed by atoms with Gasteiger partial charge in [-0.25, -0.2) is 4.39 Å². The topological polar surface area (TPSA) is 79.2 Å². The second-order valence-corrected chi connectivity index (χ2v) is 4.25. The Morgan fingerprint density at radius 1 is 1.06 bits per heavy atom. The van der Waals surface area contributed by atoms with Gasteiger partial charge < -0.3 is 24.8 Å². The molecule has 2 rings (SSSR count). The molecule has 1 fully saturated rings. The zero-order valence-electron chi connectivity index (χ0n) is 9.73. The van der Waals surface area contributed by atoms with Gasteiger partial charge in [0, 0.05) is 0 Å². The number of halogens is 1. The third-order valence-electron chi connectivity index (χ3n) is 2.87. The van der Waals surface area contributed by atoms with Gasteiger partial charge in [0.25, 0.3) is 0 Å². The maximum absolute atomic E-state index is 12.7. The van der Waals surface area contributed by atoms with E-state index in [0.29, 0.717) is 5.75 Å². The molecule has 3 N–H and O–H groups in total. The van der Waals surface area contributed by atoms with Crippen LogP contribution in [0.2, 0.25) is 0 Å². The fraction of sp³-hybridized carbons (Fsp3) is 0.500. The lowest BCUT2D eigenvalue weighted by molar-refractivity contribution is -0.268. The van der Waals surface area contributed by atoms with Crippen LogP contribution in [0.25, 0.3) is 0 Å². The monoisotopic (exact) mass is 258 g/mol. The van der Waals surface area contributed by atoms with E-state index in [9.17, 15) is 19.7 Å². The van der Waals surface area contributed by atoms with Gasteiger partial charge in [0.1, 0.15) is 29.9 Å². The predicted molar refractivity (Wildman–Crippen MR) is 59.4 cm³/mol. The molecule has 1 aliphatic heterocycles. The first-order chi connectivity index (χ1) is 8.49. The van der Waals surface area contributed by atoms with Crippen LogP contribution in [-0.2, 0) is 4.74 Å². The standard InChI is InChI=1S/C12H15FO5/c1-6-9(14)10(15)11(16)12(17-6)18-8-4-2-7(13)3-5-8/h2-6,9-12,14-16H,1H3/t6-,9+,10+,11-,12-/m0/s1. The number of benzene rings is 1. The zero-order chi connectivity index (χ0) is 13.3. The van der Waals surface area contributed by atoms with Crippen molar-refractivity contribution in [3.63, 3.8) is 0 Å². The summed E-state index contributed by atoms with van der Waals surface area (Å²) >= 11 is 0. The summed E-state index contributed by atoms with van der Waals surface area (Å²) in [6.07, 6.45) is -5.67. The van der Waals surface area contributed by atoms with Crippen LogP contribution < -0.4 is 4.74 Å². The molecule has 5 nitrogen and oxygen atoms in total. The van der Waals surface area contributed by atoms with Crippen molar-refractivity contribution in [2.24, 2.45) is 0 Å². The largest absolute Gasteiger partial charge is 0.462 e. The highest BCUT2D eigenvalue weighted by Crippen LogP contribution is 2.24. The van der Waals surface area contributed by atoms with Gasteiger partial charge in [0.2, 0.25) is 6.29 Å². The molecule has 100 valence electrons. The van der Waals surface area contributed by atoms with Crippen molar-refractivity contribution >= 4 is 0 Å². The van der Waals surface area contributed by atoms with Crippen molar-refractivity contribution in [1.82, 2.24) is 0 Å². The lowest BCUT2D eigenvalue weighted by Gasteiger charge is -2.38. The van der Waals surface area contributed by atoms with E-state index >= 15 is 0 Å². The fourth-order valence-corrected chi connectivity index (χ4v) is 1.76. The van der Waals surface area contributed by atoms with E-state index in [0.717, 1.165) is 0 Å². The highest BCUT2D eigenvalue weighted by atomic mass is 19.1. The second-order valence-electron chi connectivity index (χ2n) is 4.25. The summed E-state index contributed by atoms with van der Waals surface area (Å²) in [5, 5.41) is 28.8. The minimum atomic E-state index is -1.37. The summed E-state index contributed by atoms with van der Waals surface area (Å²) in [5.41, 5.74) is 0. The molecule has 5 atom stereocenters. The first kappa shape index (κ1) is 13.2. The normalized spacial score (nSPS) is 36.4. The quantitative estimate of drug-likeness (QED) is 0.697. The average molecular weight is 258 g/mol. The Morgan fingerprint density at radius 2 is 1.67 bits per heavy atom. The minimum absolute atomic E-state index is 0.302. The van der Waals surface area contributed by atoms with Crippen LogP contribution in [0.3, 0.4) is 0 Å². The number of ether oxygens (including phenoxy) is 2. The molecule has 0 saturated carbocycles. The van der Waals surface area contributed by atoms with E-state index in [-0.39, 0.29) is 0 Å². The lowest BCUT2D eigenvalue weighted by atomic mass is 10.00. The van der Waals surface area contributed by atoms with Gasteiger partial charge in [0.05, 0.1) is 6.10 Å². The lowest BCUT2D eigenvalue weighted by Crippen LogP contribution is -2.58. The Bertz CT molecular complexity index is 396. The molecule has 0 radical (unpaired) electrons. The highest BCUT2D eigenvalue weighted by Gasteiger charge is 2.43. The van der Waals surface area contributed by atoms with E-state index in [4.69, 9.17) is 9.47 Å². The van der Waals surface area contributed by atoms with Crippen LogP contribution in [0, 0.1) is 5.82 Å². The van der Waals surface area contributed by atoms with Crippen LogP contribution in [-0.4, -0.2) is 46.0 Å². The molecular formula is C12H15FO5. The van der Waals surface area contributed by atoms with Crippen molar-refractivity contribution in [2.75, 3.05) is 0 Å². The number of hydrogen-bond donors (Lipinski definition) is 3. The Morgan fingerprint density at radius 3 is 2.28 bits per heavy atom. The van der Waals surface area contributed by atoms with Gasteiger partial charge >= 0.3 is 0 Å². The highest BCUT2D eigenvalue weighted by molar-refractivity contribution is 5.22. The number of aliphatic hydroxyl groups is 3. The SMILES string of the molecule is C[C@@H]1O[C@@H](Oc2ccc(F)cc2)[C@@H](O)[C@H](O)[C@@H]1O. The summed E-state index contributed by atoms with van der Waals surface area (Å²) in [4.78, 5) is 0. The van der Waals surface area contributed by atoms with Crippen LogP contribution in [0.1, 0.15) is 6.92 Å². The third-order valence-corrected chi connectivity index (χ3v) is 2.87. The molecule has 1 aromatic carbocycles. The molecular weight excluding hydrogens is 243 g/mol. The van der Waals surface area contributed by atoms with E-state index < -0.39 is 36.5 Å². The predicted octanol–water partition coefficient (Wildman–Crippen LogP) is 0.0320. The molecule has 1 heterocycles. The summed E-state index contributed by atoms with van der Waals surface area (Å²) in [6.45, 7) is 1.56. The molecule has 0 unspecified atom stereocenters. The van der Waals surface area contributed by atoms with Gasteiger partial charge in [-0.2, -0.15) is 0 Å². The first-order valence-electron chi connectivity index (χ1n) is 5.61. The Labute approximate surface area is 103 Å². The molecule has 0 bridgehead atoms. The molecule has 1 aromatic rings. The van der Waals surface area contributed by atoms with Gasteiger partial charge in [-0.05, 0) is 31.2 Å². The maximum Gasteiger partial charge on any atom is 0.229 e. The second kappa shape index (κ2) is 5.19. The van der Waals surface area contributed by atoms with E-state index in [2.05, 4.69) is 0 Å². The van der Waals surface area contributed by atoms with Crippen molar-refractivity contribution in [1.29, 1.82) is 0 Å². The maximum atomic E-state index is 12.7. The van der Waals surface area contributed by atoms with Crippen molar-refractivity contribution in [3.05, 3.63) is 30.1 Å². The summed E-state index contributed by atoms with van der Waals surface area (Å²) in [7, 11) is 0. The smallest absolute Gasteiger partial charge is 0.229 e. The molecule has 0 spiro atoms. The van der Waals surface area contributed by atoms with E-state index in [1.165, 1.54) is 24.3 Å².